The van der Waals surface area contributed by atoms with Crippen molar-refractivity contribution >= 4 is 0 Å². The second-order valence-corrected chi connectivity index (χ2v) is 8.24. The smallest absolute Gasteiger partial charge is 0.0583 e. The van der Waals surface area contributed by atoms with Crippen molar-refractivity contribution in [1.29, 1.82) is 0 Å². The molecule has 1 saturated heterocycles. The summed E-state index contributed by atoms with van der Waals surface area (Å²) in [4.78, 5) is 2.85. The summed E-state index contributed by atoms with van der Waals surface area (Å²) in [5.74, 6) is 2.35. The summed E-state index contributed by atoms with van der Waals surface area (Å²) in [6.45, 7) is 6.17. The molecule has 1 N–H and O–H groups in total. The maximum Gasteiger partial charge on any atom is 0.0583 e. The van der Waals surface area contributed by atoms with Crippen LogP contribution in [0.3, 0.4) is 0 Å². The fourth-order valence-electron chi connectivity index (χ4n) is 5.30. The number of rotatable bonds is 2. The van der Waals surface area contributed by atoms with Gasteiger partial charge in [0.25, 0.3) is 0 Å². The van der Waals surface area contributed by atoms with Crippen LogP contribution in [0.1, 0.15) is 78.1 Å². The van der Waals surface area contributed by atoms with Crippen molar-refractivity contribution < 1.29 is 5.11 Å². The van der Waals surface area contributed by atoms with Gasteiger partial charge in [0.1, 0.15) is 0 Å². The fourth-order valence-corrected chi connectivity index (χ4v) is 5.30. The number of nitrogens with zero attached hydrogens (tertiary/aromatic N) is 1. The fraction of sp³-hybridized carbons (Fsp3) is 1.00. The second kappa shape index (κ2) is 7.00. The van der Waals surface area contributed by atoms with Gasteiger partial charge in [0.05, 0.1) is 6.10 Å². The molecule has 2 nitrogen and oxygen atoms in total. The molecule has 1 aliphatic heterocycles. The molecule has 0 aromatic carbocycles. The Kier molecular flexibility index (Phi) is 5.27. The van der Waals surface area contributed by atoms with Crippen molar-refractivity contribution in [3.8, 4) is 0 Å². The zero-order chi connectivity index (χ0) is 14.8. The van der Waals surface area contributed by atoms with Crippen LogP contribution in [0, 0.1) is 17.8 Å². The van der Waals surface area contributed by atoms with Crippen molar-refractivity contribution in [3.63, 3.8) is 0 Å². The minimum atomic E-state index is -0.0238. The Bertz CT molecular complexity index is 332. The molecule has 3 fully saturated rings. The number of hydrogen-bond acceptors (Lipinski definition) is 2. The summed E-state index contributed by atoms with van der Waals surface area (Å²) in [5, 5.41) is 10.5. The highest BCUT2D eigenvalue weighted by Gasteiger charge is 2.39. The Morgan fingerprint density at radius 2 is 1.57 bits per heavy atom. The van der Waals surface area contributed by atoms with Crippen LogP contribution < -0.4 is 0 Å². The van der Waals surface area contributed by atoms with Crippen LogP contribution in [0.5, 0.6) is 0 Å². The third kappa shape index (κ3) is 3.47. The molecule has 0 amide bonds. The first-order chi connectivity index (χ1) is 10.2. The van der Waals surface area contributed by atoms with Gasteiger partial charge in [-0.15, -0.1) is 0 Å². The maximum absolute atomic E-state index is 10.5. The van der Waals surface area contributed by atoms with Gasteiger partial charge in [0, 0.05) is 18.0 Å². The van der Waals surface area contributed by atoms with E-state index in [1.165, 1.54) is 64.3 Å². The van der Waals surface area contributed by atoms with E-state index in [0.717, 1.165) is 24.3 Å². The van der Waals surface area contributed by atoms with E-state index in [-0.39, 0.29) is 6.10 Å². The Hall–Kier alpha value is -0.0800. The van der Waals surface area contributed by atoms with Gasteiger partial charge in [-0.25, -0.2) is 0 Å². The zero-order valence-electron chi connectivity index (χ0n) is 14.1. The van der Waals surface area contributed by atoms with Gasteiger partial charge in [-0.05, 0) is 63.3 Å². The lowest BCUT2D eigenvalue weighted by molar-refractivity contribution is -0.0351. The van der Waals surface area contributed by atoms with E-state index in [1.807, 2.05) is 0 Å². The van der Waals surface area contributed by atoms with Gasteiger partial charge in [-0.1, -0.05) is 33.1 Å². The Morgan fingerprint density at radius 1 is 0.810 bits per heavy atom. The van der Waals surface area contributed by atoms with Crippen molar-refractivity contribution in [2.24, 2.45) is 17.8 Å². The lowest BCUT2D eigenvalue weighted by Gasteiger charge is -2.49. The third-order valence-electron chi connectivity index (χ3n) is 6.91. The highest BCUT2D eigenvalue weighted by Crippen LogP contribution is 2.39. The molecule has 21 heavy (non-hydrogen) atoms. The van der Waals surface area contributed by atoms with Gasteiger partial charge < -0.3 is 5.11 Å². The molecule has 3 rings (SSSR count). The molecule has 122 valence electrons. The summed E-state index contributed by atoms with van der Waals surface area (Å²) >= 11 is 0. The molecule has 6 atom stereocenters. The first-order valence-corrected chi connectivity index (χ1v) is 9.60. The van der Waals surface area contributed by atoms with Gasteiger partial charge in [-0.2, -0.15) is 0 Å². The lowest BCUT2D eigenvalue weighted by Crippen LogP contribution is -2.54. The van der Waals surface area contributed by atoms with Crippen LogP contribution in [0.4, 0.5) is 0 Å². The minimum Gasteiger partial charge on any atom is -0.393 e. The Labute approximate surface area is 131 Å². The molecule has 0 aromatic rings. The highest BCUT2D eigenvalue weighted by atomic mass is 16.3. The van der Waals surface area contributed by atoms with E-state index in [1.54, 1.807) is 0 Å². The minimum absolute atomic E-state index is 0.0238. The summed E-state index contributed by atoms with van der Waals surface area (Å²) in [5.41, 5.74) is 0. The van der Waals surface area contributed by atoms with Crippen LogP contribution >= 0.6 is 0 Å². The number of aliphatic hydroxyl groups is 1. The number of hydrogen-bond donors (Lipinski definition) is 1. The van der Waals surface area contributed by atoms with Crippen LogP contribution in [-0.2, 0) is 0 Å². The molecule has 0 aromatic heterocycles. The van der Waals surface area contributed by atoms with Crippen LogP contribution in [0.25, 0.3) is 0 Å². The number of likely N-dealkylation sites (tertiary alicyclic amines) is 1. The van der Waals surface area contributed by atoms with Crippen LogP contribution in [0.2, 0.25) is 0 Å². The van der Waals surface area contributed by atoms with Gasteiger partial charge in [0.15, 0.2) is 0 Å². The van der Waals surface area contributed by atoms with Gasteiger partial charge >= 0.3 is 0 Å². The highest BCUT2D eigenvalue weighted by molar-refractivity contribution is 4.93. The van der Waals surface area contributed by atoms with Crippen molar-refractivity contribution in [2.75, 3.05) is 6.54 Å². The van der Waals surface area contributed by atoms with E-state index in [0.29, 0.717) is 12.0 Å². The predicted octanol–water partition coefficient (Wildman–Crippen LogP) is 4.22. The Balaban J connectivity index is 1.69. The molecule has 1 heterocycles. The summed E-state index contributed by atoms with van der Waals surface area (Å²) in [7, 11) is 0. The van der Waals surface area contributed by atoms with Crippen molar-refractivity contribution in [2.45, 2.75) is 96.2 Å². The summed E-state index contributed by atoms with van der Waals surface area (Å²) in [6.07, 6.45) is 13.1. The molecule has 6 unspecified atom stereocenters. The van der Waals surface area contributed by atoms with E-state index in [9.17, 15) is 5.11 Å². The molecule has 2 saturated carbocycles. The topological polar surface area (TPSA) is 23.5 Å². The molecular formula is C19H35NO. The molecular weight excluding hydrogens is 258 g/mol. The quantitative estimate of drug-likeness (QED) is 0.824. The maximum atomic E-state index is 10.5. The van der Waals surface area contributed by atoms with Gasteiger partial charge in [-0.3, -0.25) is 4.90 Å². The molecule has 3 aliphatic rings. The third-order valence-corrected chi connectivity index (χ3v) is 6.91. The average Bonchev–Trinajstić information content (AvgIpc) is 2.51. The first-order valence-electron chi connectivity index (χ1n) is 9.60. The molecule has 0 spiro atoms. The van der Waals surface area contributed by atoms with Crippen molar-refractivity contribution in [3.05, 3.63) is 0 Å². The molecule has 2 aliphatic carbocycles. The van der Waals surface area contributed by atoms with Gasteiger partial charge in [0.2, 0.25) is 0 Å². The largest absolute Gasteiger partial charge is 0.393 e. The Morgan fingerprint density at radius 3 is 2.33 bits per heavy atom. The van der Waals surface area contributed by atoms with Crippen LogP contribution in [0.15, 0.2) is 0 Å². The van der Waals surface area contributed by atoms with Crippen molar-refractivity contribution in [1.82, 2.24) is 4.90 Å². The normalized spacial score (nSPS) is 46.4. The SMILES string of the molecule is CC1CCC(N2CCCCC2C2CCCCC2O)CC1C. The predicted molar refractivity (Wildman–Crippen MR) is 88.3 cm³/mol. The van der Waals surface area contributed by atoms with Crippen LogP contribution in [-0.4, -0.2) is 34.7 Å². The molecule has 0 radical (unpaired) electrons. The number of piperidine rings is 1. The summed E-state index contributed by atoms with van der Waals surface area (Å²) < 4.78 is 0. The standard InChI is InChI=1S/C19H35NO/c1-14-10-11-16(13-15(14)2)20-12-6-5-8-18(20)17-7-3-4-9-19(17)21/h14-19,21H,3-13H2,1-2H3. The van der Waals surface area contributed by atoms with E-state index in [4.69, 9.17) is 0 Å². The zero-order valence-corrected chi connectivity index (χ0v) is 14.1. The summed E-state index contributed by atoms with van der Waals surface area (Å²) in [6, 6.07) is 1.48. The van der Waals surface area contributed by atoms with E-state index < -0.39 is 0 Å². The molecule has 0 bridgehead atoms. The average molecular weight is 293 g/mol. The monoisotopic (exact) mass is 293 g/mol. The lowest BCUT2D eigenvalue weighted by atomic mass is 9.74. The molecule has 2 heteroatoms. The van der Waals surface area contributed by atoms with E-state index in [2.05, 4.69) is 18.7 Å². The van der Waals surface area contributed by atoms with E-state index >= 15 is 0 Å². The number of aliphatic hydroxyl groups excluding tert-OH is 1. The first kappa shape index (κ1) is 15.8. The second-order valence-electron chi connectivity index (χ2n) is 8.24.